The number of hydrogen-bond donors (Lipinski definition) is 2. The van der Waals surface area contributed by atoms with E-state index in [0.29, 0.717) is 11.3 Å². The van der Waals surface area contributed by atoms with Crippen molar-refractivity contribution in [2.24, 2.45) is 0 Å². The highest BCUT2D eigenvalue weighted by atomic mass is 16.5. The van der Waals surface area contributed by atoms with Gasteiger partial charge in [-0.3, -0.25) is 4.79 Å². The molecule has 0 aliphatic rings. The second-order valence-electron chi connectivity index (χ2n) is 6.24. The summed E-state index contributed by atoms with van der Waals surface area (Å²) in [6.07, 6.45) is 0. The molecule has 0 aliphatic heterocycles. The average molecular weight is 416 g/mol. The molecule has 2 N–H and O–H groups in total. The van der Waals surface area contributed by atoms with E-state index in [1.54, 1.807) is 39.8 Å². The number of aryl methyl sites for hydroxylation is 1. The van der Waals surface area contributed by atoms with Gasteiger partial charge in [0.1, 0.15) is 5.69 Å². The second-order valence-corrected chi connectivity index (χ2v) is 6.24. The molecule has 2 aromatic rings. The van der Waals surface area contributed by atoms with Crippen molar-refractivity contribution in [3.8, 4) is 0 Å². The molecule has 1 heterocycles. The molecule has 0 saturated carbocycles. The van der Waals surface area contributed by atoms with E-state index in [-0.39, 0.29) is 35.7 Å². The SMILES string of the molecule is CCOC(=O)c1ccccc1NC(=O)COC(=O)c1[nH]c(C)c(C(=O)OCC)c1C. The molecule has 0 fully saturated rings. The molecule has 0 radical (unpaired) electrons. The third kappa shape index (κ3) is 5.25. The van der Waals surface area contributed by atoms with Crippen molar-refractivity contribution in [3.63, 3.8) is 0 Å². The van der Waals surface area contributed by atoms with Gasteiger partial charge in [0.15, 0.2) is 6.61 Å². The highest BCUT2D eigenvalue weighted by molar-refractivity contribution is 6.03. The molecule has 9 nitrogen and oxygen atoms in total. The Balaban J connectivity index is 2.04. The fourth-order valence-corrected chi connectivity index (χ4v) is 2.83. The maximum absolute atomic E-state index is 12.4. The van der Waals surface area contributed by atoms with Gasteiger partial charge in [-0.2, -0.15) is 0 Å². The van der Waals surface area contributed by atoms with Gasteiger partial charge in [0.2, 0.25) is 0 Å². The van der Waals surface area contributed by atoms with Crippen LogP contribution in [0.25, 0.3) is 0 Å². The van der Waals surface area contributed by atoms with Gasteiger partial charge in [-0.25, -0.2) is 14.4 Å². The van der Waals surface area contributed by atoms with Gasteiger partial charge in [-0.05, 0) is 45.4 Å². The molecule has 2 rings (SSSR count). The highest BCUT2D eigenvalue weighted by Gasteiger charge is 2.24. The molecule has 30 heavy (non-hydrogen) atoms. The molecular formula is C21H24N2O7. The molecule has 1 aromatic carbocycles. The van der Waals surface area contributed by atoms with E-state index in [2.05, 4.69) is 10.3 Å². The summed E-state index contributed by atoms with van der Waals surface area (Å²) in [4.78, 5) is 51.4. The maximum atomic E-state index is 12.4. The Hall–Kier alpha value is -3.62. The van der Waals surface area contributed by atoms with Gasteiger partial charge in [-0.15, -0.1) is 0 Å². The van der Waals surface area contributed by atoms with Crippen molar-refractivity contribution >= 4 is 29.5 Å². The minimum absolute atomic E-state index is 0.0651. The number of H-pyrrole nitrogens is 1. The van der Waals surface area contributed by atoms with Crippen molar-refractivity contribution in [1.29, 1.82) is 0 Å². The number of rotatable bonds is 8. The number of nitrogens with one attached hydrogen (secondary N) is 2. The lowest BCUT2D eigenvalue weighted by molar-refractivity contribution is -0.119. The summed E-state index contributed by atoms with van der Waals surface area (Å²) >= 11 is 0. The molecule has 0 aliphatic carbocycles. The smallest absolute Gasteiger partial charge is 0.355 e. The minimum atomic E-state index is -0.792. The number of amides is 1. The van der Waals surface area contributed by atoms with Crippen LogP contribution < -0.4 is 5.32 Å². The molecular weight excluding hydrogens is 392 g/mol. The van der Waals surface area contributed by atoms with Crippen molar-refractivity contribution in [1.82, 2.24) is 4.98 Å². The molecule has 1 aromatic heterocycles. The number of benzene rings is 1. The number of ether oxygens (including phenoxy) is 3. The number of hydrogen-bond acceptors (Lipinski definition) is 7. The molecule has 0 bridgehead atoms. The van der Waals surface area contributed by atoms with Gasteiger partial charge in [0.05, 0.1) is 30.0 Å². The Labute approximate surface area is 173 Å². The third-order valence-corrected chi connectivity index (χ3v) is 4.15. The Bertz CT molecular complexity index is 962. The van der Waals surface area contributed by atoms with Crippen LogP contribution in [-0.2, 0) is 19.0 Å². The van der Waals surface area contributed by atoms with E-state index in [1.165, 1.54) is 12.1 Å². The standard InChI is InChI=1S/C21H24N2O7/c1-5-28-19(25)14-9-7-8-10-15(14)23-16(24)11-30-21(27)18-12(3)17(13(4)22-18)20(26)29-6-2/h7-10,22H,5-6,11H2,1-4H3,(H,23,24). The molecule has 0 unspecified atom stereocenters. The first kappa shape index (κ1) is 22.7. The summed E-state index contributed by atoms with van der Waals surface area (Å²) in [5.74, 6) is -2.54. The molecule has 0 spiro atoms. The Morgan fingerprint density at radius 1 is 0.900 bits per heavy atom. The topological polar surface area (TPSA) is 124 Å². The van der Waals surface area contributed by atoms with Gasteiger partial charge in [-0.1, -0.05) is 12.1 Å². The lowest BCUT2D eigenvalue weighted by atomic mass is 10.1. The van der Waals surface area contributed by atoms with Crippen LogP contribution in [0.1, 0.15) is 56.3 Å². The van der Waals surface area contributed by atoms with E-state index in [1.807, 2.05) is 0 Å². The van der Waals surface area contributed by atoms with Crippen LogP contribution in [0.15, 0.2) is 24.3 Å². The number of aromatic nitrogens is 1. The summed E-state index contributed by atoms with van der Waals surface area (Å²) in [7, 11) is 0. The van der Waals surface area contributed by atoms with E-state index in [4.69, 9.17) is 14.2 Å². The van der Waals surface area contributed by atoms with E-state index < -0.39 is 30.4 Å². The van der Waals surface area contributed by atoms with Gasteiger partial charge in [0, 0.05) is 5.69 Å². The Kier molecular flexibility index (Phi) is 7.74. The zero-order valence-electron chi connectivity index (χ0n) is 17.3. The quantitative estimate of drug-likeness (QED) is 0.501. The Morgan fingerprint density at radius 3 is 2.20 bits per heavy atom. The second kappa shape index (κ2) is 10.2. The summed E-state index contributed by atoms with van der Waals surface area (Å²) < 4.78 is 15.0. The molecule has 9 heteroatoms. The van der Waals surface area contributed by atoms with Crippen molar-refractivity contribution in [2.75, 3.05) is 25.1 Å². The summed E-state index contributed by atoms with van der Waals surface area (Å²) in [5, 5.41) is 2.52. The number of carbonyl (C=O) groups excluding carboxylic acids is 4. The van der Waals surface area contributed by atoms with Crippen LogP contribution in [0.5, 0.6) is 0 Å². The van der Waals surface area contributed by atoms with E-state index in [9.17, 15) is 19.2 Å². The highest BCUT2D eigenvalue weighted by Crippen LogP contribution is 2.20. The van der Waals surface area contributed by atoms with E-state index in [0.717, 1.165) is 0 Å². The fraction of sp³-hybridized carbons (Fsp3) is 0.333. The largest absolute Gasteiger partial charge is 0.462 e. The van der Waals surface area contributed by atoms with Crippen LogP contribution in [0.3, 0.4) is 0 Å². The fourth-order valence-electron chi connectivity index (χ4n) is 2.83. The predicted octanol–water partition coefficient (Wildman–Crippen LogP) is 2.78. The Morgan fingerprint density at radius 2 is 1.53 bits per heavy atom. The molecule has 1 amide bonds. The lowest BCUT2D eigenvalue weighted by Gasteiger charge is -2.10. The van der Waals surface area contributed by atoms with Crippen LogP contribution in [0.4, 0.5) is 5.69 Å². The van der Waals surface area contributed by atoms with Gasteiger partial charge >= 0.3 is 17.9 Å². The first-order valence-electron chi connectivity index (χ1n) is 9.39. The van der Waals surface area contributed by atoms with Crippen LogP contribution in [0, 0.1) is 13.8 Å². The van der Waals surface area contributed by atoms with Crippen molar-refractivity contribution in [2.45, 2.75) is 27.7 Å². The first-order valence-corrected chi connectivity index (χ1v) is 9.39. The van der Waals surface area contributed by atoms with Crippen LogP contribution in [-0.4, -0.2) is 48.6 Å². The third-order valence-electron chi connectivity index (χ3n) is 4.15. The molecule has 160 valence electrons. The number of esters is 3. The minimum Gasteiger partial charge on any atom is -0.462 e. The number of anilines is 1. The molecule has 0 saturated heterocycles. The van der Waals surface area contributed by atoms with Crippen molar-refractivity contribution < 1.29 is 33.4 Å². The first-order chi connectivity index (χ1) is 14.3. The zero-order valence-corrected chi connectivity index (χ0v) is 17.3. The van der Waals surface area contributed by atoms with Crippen molar-refractivity contribution in [3.05, 3.63) is 52.3 Å². The van der Waals surface area contributed by atoms with Crippen LogP contribution in [0.2, 0.25) is 0 Å². The summed E-state index contributed by atoms with van der Waals surface area (Å²) in [6.45, 7) is 6.40. The van der Waals surface area contributed by atoms with Crippen LogP contribution >= 0.6 is 0 Å². The maximum Gasteiger partial charge on any atom is 0.355 e. The zero-order chi connectivity index (χ0) is 22.3. The van der Waals surface area contributed by atoms with Gasteiger partial charge < -0.3 is 24.5 Å². The number of carbonyl (C=O) groups is 4. The molecule has 0 atom stereocenters. The van der Waals surface area contributed by atoms with E-state index >= 15 is 0 Å². The normalized spacial score (nSPS) is 10.3. The lowest BCUT2D eigenvalue weighted by Crippen LogP contribution is -2.22. The monoisotopic (exact) mass is 416 g/mol. The summed E-state index contributed by atoms with van der Waals surface area (Å²) in [5.41, 5.74) is 1.60. The van der Waals surface area contributed by atoms with Gasteiger partial charge in [0.25, 0.3) is 5.91 Å². The average Bonchev–Trinajstić information content (AvgIpc) is 3.01. The predicted molar refractivity (Wildman–Crippen MR) is 108 cm³/mol. The summed E-state index contributed by atoms with van der Waals surface area (Å²) in [6, 6.07) is 6.34. The number of aromatic amines is 1. The number of para-hydroxylation sites is 1.